The minimum atomic E-state index is -0.199. The smallest absolute Gasteiger partial charge is 0.128 e. The van der Waals surface area contributed by atoms with E-state index in [0.29, 0.717) is 24.7 Å². The molecule has 17 heavy (non-hydrogen) atoms. The lowest BCUT2D eigenvalue weighted by atomic mass is 10.0. The standard InChI is InChI=1S/C13H17BrFNO/c14-12-3-4-13(15)11(6-12)9-17-8-10-2-1-5-16-7-10/h3-4,6,10,16H,1-2,5,7-9H2. The van der Waals surface area contributed by atoms with Gasteiger partial charge >= 0.3 is 0 Å². The van der Waals surface area contributed by atoms with Crippen molar-refractivity contribution in [2.24, 2.45) is 5.92 Å². The van der Waals surface area contributed by atoms with Crippen LogP contribution < -0.4 is 5.32 Å². The molecule has 1 unspecified atom stereocenters. The van der Waals surface area contributed by atoms with E-state index in [1.165, 1.54) is 18.9 Å². The molecule has 1 fully saturated rings. The van der Waals surface area contributed by atoms with Crippen LogP contribution >= 0.6 is 15.9 Å². The summed E-state index contributed by atoms with van der Waals surface area (Å²) in [4.78, 5) is 0. The fourth-order valence-corrected chi connectivity index (χ4v) is 2.46. The first-order valence-corrected chi connectivity index (χ1v) is 6.77. The summed E-state index contributed by atoms with van der Waals surface area (Å²) in [6, 6.07) is 4.93. The predicted molar refractivity (Wildman–Crippen MR) is 69.3 cm³/mol. The fraction of sp³-hybridized carbons (Fsp3) is 0.538. The first-order valence-electron chi connectivity index (χ1n) is 5.98. The Morgan fingerprint density at radius 1 is 1.47 bits per heavy atom. The number of halogens is 2. The van der Waals surface area contributed by atoms with E-state index >= 15 is 0 Å². The first kappa shape index (κ1) is 13.0. The second-order valence-corrected chi connectivity index (χ2v) is 5.38. The van der Waals surface area contributed by atoms with Gasteiger partial charge in [0.05, 0.1) is 13.2 Å². The monoisotopic (exact) mass is 301 g/mol. The summed E-state index contributed by atoms with van der Waals surface area (Å²) in [5.41, 5.74) is 0.614. The summed E-state index contributed by atoms with van der Waals surface area (Å²) in [5.74, 6) is 0.369. The molecule has 1 N–H and O–H groups in total. The lowest BCUT2D eigenvalue weighted by Gasteiger charge is -2.22. The van der Waals surface area contributed by atoms with Crippen molar-refractivity contribution in [3.63, 3.8) is 0 Å². The molecular weight excluding hydrogens is 285 g/mol. The summed E-state index contributed by atoms with van der Waals surface area (Å²) in [6.45, 7) is 3.18. The van der Waals surface area contributed by atoms with Crippen molar-refractivity contribution < 1.29 is 9.13 Å². The minimum Gasteiger partial charge on any atom is -0.376 e. The molecule has 1 atom stereocenters. The molecule has 1 aliphatic rings. The van der Waals surface area contributed by atoms with Gasteiger partial charge in [-0.1, -0.05) is 15.9 Å². The third kappa shape index (κ3) is 4.05. The Hall–Kier alpha value is -0.450. The number of nitrogens with one attached hydrogen (secondary N) is 1. The molecule has 2 rings (SSSR count). The summed E-state index contributed by atoms with van der Waals surface area (Å²) >= 11 is 3.33. The molecule has 4 heteroatoms. The van der Waals surface area contributed by atoms with Gasteiger partial charge in [-0.25, -0.2) is 4.39 Å². The number of hydrogen-bond donors (Lipinski definition) is 1. The Morgan fingerprint density at radius 3 is 3.12 bits per heavy atom. The highest BCUT2D eigenvalue weighted by atomic mass is 79.9. The molecule has 0 bridgehead atoms. The van der Waals surface area contributed by atoms with Crippen molar-refractivity contribution in [2.45, 2.75) is 19.4 Å². The van der Waals surface area contributed by atoms with Gasteiger partial charge in [0, 0.05) is 16.6 Å². The molecule has 1 aromatic rings. The molecular formula is C13H17BrFNO. The molecule has 0 aliphatic carbocycles. The summed E-state index contributed by atoms with van der Waals surface area (Å²) in [7, 11) is 0. The highest BCUT2D eigenvalue weighted by Gasteiger charge is 2.13. The number of hydrogen-bond acceptors (Lipinski definition) is 2. The van der Waals surface area contributed by atoms with Gasteiger partial charge in [-0.15, -0.1) is 0 Å². The maximum absolute atomic E-state index is 13.4. The topological polar surface area (TPSA) is 21.3 Å². The zero-order valence-corrected chi connectivity index (χ0v) is 11.3. The van der Waals surface area contributed by atoms with Gasteiger partial charge in [-0.2, -0.15) is 0 Å². The van der Waals surface area contributed by atoms with Gasteiger partial charge in [0.2, 0.25) is 0 Å². The Bertz CT molecular complexity index is 366. The minimum absolute atomic E-state index is 0.199. The molecule has 1 saturated heterocycles. The largest absolute Gasteiger partial charge is 0.376 e. The maximum atomic E-state index is 13.4. The van der Waals surface area contributed by atoms with Crippen LogP contribution in [0.25, 0.3) is 0 Å². The van der Waals surface area contributed by atoms with E-state index in [0.717, 1.165) is 17.6 Å². The van der Waals surface area contributed by atoms with Gasteiger partial charge < -0.3 is 10.1 Å². The third-order valence-electron chi connectivity index (χ3n) is 3.02. The predicted octanol–water partition coefficient (Wildman–Crippen LogP) is 3.10. The van der Waals surface area contributed by atoms with E-state index in [1.54, 1.807) is 12.1 Å². The Labute approximate surface area is 110 Å². The molecule has 1 aliphatic heterocycles. The van der Waals surface area contributed by atoms with Crippen LogP contribution in [-0.2, 0) is 11.3 Å². The number of ether oxygens (including phenoxy) is 1. The molecule has 94 valence electrons. The lowest BCUT2D eigenvalue weighted by Crippen LogP contribution is -2.32. The summed E-state index contributed by atoms with van der Waals surface area (Å²) in [6.07, 6.45) is 2.41. The number of piperidine rings is 1. The van der Waals surface area contributed by atoms with Gasteiger partial charge in [0.15, 0.2) is 0 Å². The van der Waals surface area contributed by atoms with E-state index in [2.05, 4.69) is 21.2 Å². The summed E-state index contributed by atoms with van der Waals surface area (Å²) in [5, 5.41) is 3.34. The highest BCUT2D eigenvalue weighted by Crippen LogP contribution is 2.17. The molecule has 1 aromatic carbocycles. The zero-order valence-electron chi connectivity index (χ0n) is 9.72. The molecule has 0 amide bonds. The van der Waals surface area contributed by atoms with E-state index in [-0.39, 0.29) is 5.82 Å². The SMILES string of the molecule is Fc1ccc(Br)cc1COCC1CCCNC1. The lowest BCUT2D eigenvalue weighted by molar-refractivity contribution is 0.0766. The second kappa shape index (κ2) is 6.47. The van der Waals surface area contributed by atoms with Crippen LogP contribution in [0.5, 0.6) is 0 Å². The molecule has 2 nitrogen and oxygen atoms in total. The average molecular weight is 302 g/mol. The van der Waals surface area contributed by atoms with Crippen molar-refractivity contribution in [1.29, 1.82) is 0 Å². The highest BCUT2D eigenvalue weighted by molar-refractivity contribution is 9.10. The van der Waals surface area contributed by atoms with Gasteiger partial charge in [0.25, 0.3) is 0 Å². The Balaban J connectivity index is 1.79. The molecule has 0 spiro atoms. The molecule has 1 heterocycles. The van der Waals surface area contributed by atoms with E-state index < -0.39 is 0 Å². The van der Waals surface area contributed by atoms with E-state index in [9.17, 15) is 4.39 Å². The van der Waals surface area contributed by atoms with Crippen molar-refractivity contribution in [1.82, 2.24) is 5.32 Å². The van der Waals surface area contributed by atoms with Gasteiger partial charge in [-0.05, 0) is 43.5 Å². The normalized spacial score (nSPS) is 20.5. The average Bonchev–Trinajstić information content (AvgIpc) is 2.35. The van der Waals surface area contributed by atoms with Gasteiger partial charge in [-0.3, -0.25) is 0 Å². The number of rotatable bonds is 4. The molecule has 0 aromatic heterocycles. The molecule has 0 radical (unpaired) electrons. The maximum Gasteiger partial charge on any atom is 0.128 e. The zero-order chi connectivity index (χ0) is 12.1. The van der Waals surface area contributed by atoms with Crippen LogP contribution in [0.1, 0.15) is 18.4 Å². The number of benzene rings is 1. The van der Waals surface area contributed by atoms with Crippen molar-refractivity contribution >= 4 is 15.9 Å². The van der Waals surface area contributed by atoms with E-state index in [4.69, 9.17) is 4.74 Å². The van der Waals surface area contributed by atoms with Crippen LogP contribution in [0.4, 0.5) is 4.39 Å². The fourth-order valence-electron chi connectivity index (χ4n) is 2.06. The van der Waals surface area contributed by atoms with Crippen LogP contribution in [0, 0.1) is 11.7 Å². The van der Waals surface area contributed by atoms with Gasteiger partial charge in [0.1, 0.15) is 5.82 Å². The van der Waals surface area contributed by atoms with Crippen LogP contribution in [0.3, 0.4) is 0 Å². The summed E-state index contributed by atoms with van der Waals surface area (Å²) < 4.78 is 19.9. The Morgan fingerprint density at radius 2 is 2.35 bits per heavy atom. The quantitative estimate of drug-likeness (QED) is 0.923. The van der Waals surface area contributed by atoms with E-state index in [1.807, 2.05) is 0 Å². The Kier molecular flexibility index (Phi) is 4.95. The third-order valence-corrected chi connectivity index (χ3v) is 3.51. The van der Waals surface area contributed by atoms with Crippen molar-refractivity contribution in [2.75, 3.05) is 19.7 Å². The van der Waals surface area contributed by atoms with Crippen molar-refractivity contribution in [3.8, 4) is 0 Å². The van der Waals surface area contributed by atoms with Crippen molar-refractivity contribution in [3.05, 3.63) is 34.1 Å². The molecule has 0 saturated carbocycles. The van der Waals surface area contributed by atoms with Crippen LogP contribution in [0.15, 0.2) is 22.7 Å². The first-order chi connectivity index (χ1) is 8.25. The van der Waals surface area contributed by atoms with Crippen LogP contribution in [0.2, 0.25) is 0 Å². The van der Waals surface area contributed by atoms with Crippen LogP contribution in [-0.4, -0.2) is 19.7 Å². The second-order valence-electron chi connectivity index (χ2n) is 4.46.